The van der Waals surface area contributed by atoms with E-state index in [-0.39, 0.29) is 62.4 Å². The minimum absolute atomic E-state index is 0.0329. The first-order chi connectivity index (χ1) is 29.9. The third-order valence-corrected chi connectivity index (χ3v) is 13.5. The van der Waals surface area contributed by atoms with Gasteiger partial charge in [-0.3, -0.25) is 33.6 Å². The van der Waals surface area contributed by atoms with E-state index in [1.807, 2.05) is 13.8 Å². The van der Waals surface area contributed by atoms with Gasteiger partial charge >= 0.3 is 6.18 Å². The summed E-state index contributed by atoms with van der Waals surface area (Å²) >= 11 is 12.8. The van der Waals surface area contributed by atoms with Gasteiger partial charge in [-0.15, -0.1) is 0 Å². The molecule has 15 nitrogen and oxygen atoms in total. The second-order valence-corrected chi connectivity index (χ2v) is 19.2. The Labute approximate surface area is 380 Å². The van der Waals surface area contributed by atoms with E-state index in [0.717, 1.165) is 11.3 Å². The molecule has 5 N–H and O–H groups in total. The predicted molar refractivity (Wildman–Crippen MR) is 227 cm³/mol. The van der Waals surface area contributed by atoms with Crippen LogP contribution in [0.1, 0.15) is 97.0 Å². The molecule has 64 heavy (non-hydrogen) atoms. The number of alkyl halides is 4. The number of amides is 7. The number of hydrogen-bond donors (Lipinski definition) is 5. The molecule has 1 aromatic rings. The quantitative estimate of drug-likeness (QED) is 0.208. The monoisotopic (exact) mass is 947 g/mol. The van der Waals surface area contributed by atoms with Crippen molar-refractivity contribution >= 4 is 64.6 Å². The molecule has 4 aliphatic rings. The van der Waals surface area contributed by atoms with Gasteiger partial charge in [-0.2, -0.15) is 13.2 Å². The van der Waals surface area contributed by atoms with Crippen LogP contribution in [-0.4, -0.2) is 142 Å². The van der Waals surface area contributed by atoms with E-state index in [2.05, 4.69) is 21.3 Å². The van der Waals surface area contributed by atoms with Gasteiger partial charge in [-0.05, 0) is 87.5 Å². The number of carbonyl (C=O) groups excluding carboxylic acids is 7. The topological polar surface area (TPSA) is 198 Å². The van der Waals surface area contributed by atoms with Gasteiger partial charge < -0.3 is 41.1 Å². The number of aliphatic hydroxyl groups is 1. The molecule has 4 fully saturated rings. The Morgan fingerprint density at radius 2 is 1.69 bits per heavy atom. The molecule has 1 spiro atoms. The molecule has 21 heteroatoms. The van der Waals surface area contributed by atoms with Gasteiger partial charge in [0.05, 0.1) is 6.54 Å². The zero-order valence-corrected chi connectivity index (χ0v) is 38.2. The van der Waals surface area contributed by atoms with Gasteiger partial charge in [0.25, 0.3) is 5.91 Å². The van der Waals surface area contributed by atoms with E-state index in [1.165, 1.54) is 19.0 Å². The maximum Gasteiger partial charge on any atom is 0.426 e. The highest BCUT2D eigenvalue weighted by molar-refractivity contribution is 6.33. The minimum atomic E-state index is -5.43. The fourth-order valence-corrected chi connectivity index (χ4v) is 8.86. The minimum Gasteiger partial charge on any atom is -0.373 e. The van der Waals surface area contributed by atoms with Crippen LogP contribution in [-0.2, 0) is 40.0 Å². The summed E-state index contributed by atoms with van der Waals surface area (Å²) in [5.41, 5.74) is -4.66. The molecule has 7 atom stereocenters. The standard InChI is InChI=1S/C43H59Cl2F4N7O8/c1-23(2)17-29-37(60)55(5)32(20-25-19-26(44)12-13-28(25)45)36(59)53-42(14-15-42)39(62)50-16-7-6-11-31(34(57)51-29)54(4)38(61)30(18-24-9-8-10-24)52-35(58)33-21-27(46)22-56(33)40(63)41(3,64)43(47,48)49/h12-13,19,23-24,27,29-33,64H,6-11,14-18,20-22H2,1-5H3,(H,50,62)(H,51,57)(H,52,58)(H,53,59)/t27-,29+,30+,31+,32+,33+,41-/m1/s1. The normalized spacial score (nSPS) is 26.4. The number of likely N-dealkylation sites (tertiary alicyclic amines) is 1. The Bertz CT molecular complexity index is 1950. The smallest absolute Gasteiger partial charge is 0.373 e. The lowest BCUT2D eigenvalue weighted by Crippen LogP contribution is -2.62. The van der Waals surface area contributed by atoms with Crippen molar-refractivity contribution in [2.45, 2.75) is 152 Å². The lowest BCUT2D eigenvalue weighted by Gasteiger charge is -2.37. The summed E-state index contributed by atoms with van der Waals surface area (Å²) in [7, 11) is 2.75. The zero-order chi connectivity index (χ0) is 47.5. The highest BCUT2D eigenvalue weighted by Gasteiger charge is 2.59. The summed E-state index contributed by atoms with van der Waals surface area (Å²) in [6, 6.07) is -2.14. The molecule has 2 aliphatic heterocycles. The number of hydrogen-bond acceptors (Lipinski definition) is 8. The van der Waals surface area contributed by atoms with E-state index < -0.39 is 108 Å². The van der Waals surface area contributed by atoms with Gasteiger partial charge in [0.15, 0.2) is 0 Å². The van der Waals surface area contributed by atoms with Crippen LogP contribution in [0.4, 0.5) is 17.6 Å². The molecular formula is C43H59Cl2F4N7O8. The van der Waals surface area contributed by atoms with E-state index >= 15 is 0 Å². The maximum absolute atomic E-state index is 14.7. The van der Waals surface area contributed by atoms with Gasteiger partial charge in [-0.1, -0.05) is 56.3 Å². The molecule has 5 rings (SSSR count). The van der Waals surface area contributed by atoms with Crippen molar-refractivity contribution in [3.05, 3.63) is 33.8 Å². The third-order valence-electron chi connectivity index (χ3n) is 12.9. The van der Waals surface area contributed by atoms with Crippen molar-refractivity contribution < 1.29 is 56.2 Å². The number of nitrogens with one attached hydrogen (secondary N) is 4. The summed E-state index contributed by atoms with van der Waals surface area (Å²) in [5.74, 6) is -6.40. The molecule has 7 amide bonds. The predicted octanol–water partition coefficient (Wildman–Crippen LogP) is 3.60. The van der Waals surface area contributed by atoms with Crippen LogP contribution in [0.2, 0.25) is 10.0 Å². The average Bonchev–Trinajstić information content (AvgIpc) is 3.88. The Morgan fingerprint density at radius 1 is 1.02 bits per heavy atom. The van der Waals surface area contributed by atoms with Crippen LogP contribution in [0, 0.1) is 11.8 Å². The molecule has 0 bridgehead atoms. The highest BCUT2D eigenvalue weighted by Crippen LogP contribution is 2.37. The highest BCUT2D eigenvalue weighted by atomic mass is 35.5. The Morgan fingerprint density at radius 3 is 2.28 bits per heavy atom. The summed E-state index contributed by atoms with van der Waals surface area (Å²) < 4.78 is 55.7. The molecule has 1 aromatic carbocycles. The van der Waals surface area contributed by atoms with Crippen molar-refractivity contribution in [3.63, 3.8) is 0 Å². The van der Waals surface area contributed by atoms with Crippen molar-refractivity contribution in [1.82, 2.24) is 36.0 Å². The first kappa shape index (κ1) is 50.8. The average molecular weight is 949 g/mol. The molecule has 0 aromatic heterocycles. The van der Waals surface area contributed by atoms with Crippen LogP contribution < -0.4 is 21.3 Å². The van der Waals surface area contributed by atoms with Crippen LogP contribution in [0.3, 0.4) is 0 Å². The van der Waals surface area contributed by atoms with Crippen molar-refractivity contribution in [2.75, 3.05) is 27.2 Å². The Hall–Kier alpha value is -4.23. The summed E-state index contributed by atoms with van der Waals surface area (Å²) in [6.07, 6.45) is -4.29. The molecule has 2 heterocycles. The number of halogens is 6. The number of rotatable bonds is 11. The number of carbonyl (C=O) groups is 7. The van der Waals surface area contributed by atoms with Crippen molar-refractivity contribution in [2.24, 2.45) is 11.8 Å². The first-order valence-corrected chi connectivity index (χ1v) is 22.5. The van der Waals surface area contributed by atoms with E-state index in [0.29, 0.717) is 47.6 Å². The lowest BCUT2D eigenvalue weighted by molar-refractivity contribution is -0.250. The van der Waals surface area contributed by atoms with Gasteiger partial charge in [-0.25, -0.2) is 4.39 Å². The zero-order valence-electron chi connectivity index (χ0n) is 36.7. The number of benzene rings is 1. The fraction of sp³-hybridized carbons (Fsp3) is 0.698. The molecule has 2 saturated carbocycles. The van der Waals surface area contributed by atoms with Gasteiger partial charge in [0, 0.05) is 43.5 Å². The van der Waals surface area contributed by atoms with Gasteiger partial charge in [0.1, 0.15) is 41.9 Å². The van der Waals surface area contributed by atoms with Crippen LogP contribution >= 0.6 is 23.2 Å². The SMILES string of the molecule is CC(C)C[C@@H]1NC(=O)[C@@H](N(C)C(=O)[C@H](CC2CCC2)NC(=O)[C@@H]2C[C@@H](F)CN2C(=O)[C@@](C)(O)C(F)(F)F)CCCCNC(=O)C2(CC2)NC(=O)[C@H](Cc2cc(Cl)ccc2Cl)N(C)C1=O. The molecule has 0 radical (unpaired) electrons. The number of likely N-dealkylation sites (N-methyl/N-ethyl adjacent to an activating group) is 2. The molecule has 356 valence electrons. The van der Waals surface area contributed by atoms with Crippen LogP contribution in [0.15, 0.2) is 18.2 Å². The first-order valence-electron chi connectivity index (χ1n) is 21.8. The second-order valence-electron chi connectivity index (χ2n) is 18.4. The third kappa shape index (κ3) is 11.8. The maximum atomic E-state index is 14.7. The second kappa shape index (κ2) is 20.5. The summed E-state index contributed by atoms with van der Waals surface area (Å²) in [6.45, 7) is 3.15. The summed E-state index contributed by atoms with van der Waals surface area (Å²) in [5, 5.41) is 21.8. The molecule has 2 saturated heterocycles. The van der Waals surface area contributed by atoms with Crippen LogP contribution in [0.5, 0.6) is 0 Å². The Kier molecular flexibility index (Phi) is 16.3. The largest absolute Gasteiger partial charge is 0.426 e. The van der Waals surface area contributed by atoms with Crippen molar-refractivity contribution in [3.8, 4) is 0 Å². The molecule has 2 aliphatic carbocycles. The van der Waals surface area contributed by atoms with Crippen molar-refractivity contribution in [1.29, 1.82) is 0 Å². The summed E-state index contributed by atoms with van der Waals surface area (Å²) in [4.78, 5) is 101. The van der Waals surface area contributed by atoms with E-state index in [4.69, 9.17) is 23.2 Å². The number of nitrogens with zero attached hydrogens (tertiary/aromatic N) is 3. The van der Waals surface area contributed by atoms with Gasteiger partial charge in [0.2, 0.25) is 41.0 Å². The molecule has 0 unspecified atom stereocenters. The molecular weight excluding hydrogens is 889 g/mol. The fourth-order valence-electron chi connectivity index (χ4n) is 8.47. The van der Waals surface area contributed by atoms with E-state index in [9.17, 15) is 56.2 Å². The van der Waals surface area contributed by atoms with Crippen LogP contribution in [0.25, 0.3) is 0 Å². The Balaban J connectivity index is 1.44. The van der Waals surface area contributed by atoms with E-state index in [1.54, 1.807) is 18.2 Å². The lowest BCUT2D eigenvalue weighted by atomic mass is 9.80.